The first-order chi connectivity index (χ1) is 15.9. The fourth-order valence-corrected chi connectivity index (χ4v) is 3.82. The number of nitrogens with zero attached hydrogens (tertiary/aromatic N) is 2. The Morgan fingerprint density at radius 3 is 2.39 bits per heavy atom. The zero-order chi connectivity index (χ0) is 23.7. The number of carbonyl (C=O) groups excluding carboxylic acids is 2. The number of carbonyl (C=O) groups is 2. The van der Waals surface area contributed by atoms with E-state index in [2.05, 4.69) is 0 Å². The van der Waals surface area contributed by atoms with E-state index in [1.165, 1.54) is 17.0 Å². The average Bonchev–Trinajstić information content (AvgIpc) is 3.31. The van der Waals surface area contributed by atoms with Gasteiger partial charge in [0, 0.05) is 5.69 Å². The lowest BCUT2D eigenvalue weighted by Gasteiger charge is -2.35. The van der Waals surface area contributed by atoms with Crippen molar-refractivity contribution in [2.75, 3.05) is 25.9 Å². The molecule has 0 bridgehead atoms. The fraction of sp³-hybridized carbons (Fsp3) is 0.174. The van der Waals surface area contributed by atoms with Crippen LogP contribution in [0.4, 0.5) is 10.1 Å². The van der Waals surface area contributed by atoms with Gasteiger partial charge in [-0.05, 0) is 42.0 Å². The molecule has 2 heterocycles. The van der Waals surface area contributed by atoms with Crippen molar-refractivity contribution in [2.24, 2.45) is 5.73 Å². The Kier molecular flexibility index (Phi) is 5.62. The second-order valence-corrected chi connectivity index (χ2v) is 7.01. The molecule has 0 aliphatic carbocycles. The van der Waals surface area contributed by atoms with E-state index < -0.39 is 23.7 Å². The van der Waals surface area contributed by atoms with Crippen LogP contribution in [0.2, 0.25) is 0 Å². The Bertz CT molecular complexity index is 1250. The standard InChI is InChI=1S/C23H18FN3O6/c1-30-22(28)19-18(12-3-8-16-17(9-12)33-11-32-16)15(10-25)21(26)27(20(19)23(29)31-2)14-6-4-13(24)5-7-14/h3-9,18H,11,26H2,1-2H3/t18-/m1/s1. The summed E-state index contributed by atoms with van der Waals surface area (Å²) in [6.45, 7) is 0.0258. The van der Waals surface area contributed by atoms with E-state index in [4.69, 9.17) is 24.7 Å². The SMILES string of the molecule is COC(=O)C1=C(C(=O)OC)N(c2ccc(F)cc2)C(N)=C(C#N)[C@H]1c1ccc2c(c1)OCO2. The first-order valence-corrected chi connectivity index (χ1v) is 9.67. The normalized spacial score (nSPS) is 17.0. The highest BCUT2D eigenvalue weighted by atomic mass is 19.1. The topological polar surface area (TPSA) is 124 Å². The van der Waals surface area contributed by atoms with Gasteiger partial charge in [-0.1, -0.05) is 6.07 Å². The van der Waals surface area contributed by atoms with Gasteiger partial charge in [-0.15, -0.1) is 0 Å². The van der Waals surface area contributed by atoms with Crippen molar-refractivity contribution in [1.29, 1.82) is 5.26 Å². The van der Waals surface area contributed by atoms with Crippen molar-refractivity contribution >= 4 is 17.6 Å². The van der Waals surface area contributed by atoms with Crippen LogP contribution in [0.1, 0.15) is 11.5 Å². The number of esters is 2. The summed E-state index contributed by atoms with van der Waals surface area (Å²) >= 11 is 0. The van der Waals surface area contributed by atoms with Gasteiger partial charge in [0.05, 0.1) is 37.4 Å². The minimum absolute atomic E-state index is 0.0220. The molecule has 2 aromatic carbocycles. The summed E-state index contributed by atoms with van der Waals surface area (Å²) in [7, 11) is 2.29. The molecule has 2 aliphatic heterocycles. The van der Waals surface area contributed by atoms with Gasteiger partial charge in [0.2, 0.25) is 6.79 Å². The Balaban J connectivity index is 2.02. The quantitative estimate of drug-likeness (QED) is 0.698. The predicted octanol–water partition coefficient (Wildman–Crippen LogP) is 2.45. The molecule has 0 amide bonds. The number of fused-ring (bicyclic) bond motifs is 1. The highest BCUT2D eigenvalue weighted by Crippen LogP contribution is 2.45. The van der Waals surface area contributed by atoms with E-state index >= 15 is 0 Å². The molecule has 10 heteroatoms. The summed E-state index contributed by atoms with van der Waals surface area (Å²) in [6.07, 6.45) is 0. The number of anilines is 1. The minimum atomic E-state index is -1.07. The van der Waals surface area contributed by atoms with Crippen LogP contribution in [0.5, 0.6) is 11.5 Å². The molecule has 0 unspecified atom stereocenters. The lowest BCUT2D eigenvalue weighted by molar-refractivity contribution is -0.139. The van der Waals surface area contributed by atoms with Crippen molar-refractivity contribution in [1.82, 2.24) is 0 Å². The van der Waals surface area contributed by atoms with E-state index in [9.17, 15) is 19.2 Å². The third kappa shape index (κ3) is 3.59. The molecule has 33 heavy (non-hydrogen) atoms. The van der Waals surface area contributed by atoms with Gasteiger partial charge in [0.25, 0.3) is 0 Å². The van der Waals surface area contributed by atoms with Gasteiger partial charge >= 0.3 is 11.9 Å². The number of nitriles is 1. The maximum Gasteiger partial charge on any atom is 0.355 e. The molecule has 0 fully saturated rings. The number of benzene rings is 2. The highest BCUT2D eigenvalue weighted by molar-refractivity contribution is 6.06. The molecule has 9 nitrogen and oxygen atoms in total. The first-order valence-electron chi connectivity index (χ1n) is 9.67. The monoisotopic (exact) mass is 451 g/mol. The number of allylic oxidation sites excluding steroid dienone is 1. The second kappa shape index (κ2) is 8.55. The minimum Gasteiger partial charge on any atom is -0.466 e. The first kappa shape index (κ1) is 21.7. The smallest absolute Gasteiger partial charge is 0.355 e. The molecule has 2 N–H and O–H groups in total. The second-order valence-electron chi connectivity index (χ2n) is 7.01. The van der Waals surface area contributed by atoms with Crippen LogP contribution in [-0.4, -0.2) is 33.0 Å². The third-order valence-corrected chi connectivity index (χ3v) is 5.29. The zero-order valence-electron chi connectivity index (χ0n) is 17.6. The lowest BCUT2D eigenvalue weighted by atomic mass is 9.80. The molecule has 4 rings (SSSR count). The van der Waals surface area contributed by atoms with Gasteiger partial charge < -0.3 is 24.7 Å². The molecule has 0 saturated heterocycles. The van der Waals surface area contributed by atoms with Crippen LogP contribution in [0.15, 0.2) is 65.1 Å². The van der Waals surface area contributed by atoms with Gasteiger partial charge in [-0.3, -0.25) is 4.90 Å². The largest absolute Gasteiger partial charge is 0.466 e. The van der Waals surface area contributed by atoms with Crippen LogP contribution >= 0.6 is 0 Å². The maximum absolute atomic E-state index is 13.6. The molecule has 0 aromatic heterocycles. The predicted molar refractivity (Wildman–Crippen MR) is 112 cm³/mol. The van der Waals surface area contributed by atoms with Crippen molar-refractivity contribution in [3.05, 3.63) is 76.5 Å². The number of ether oxygens (including phenoxy) is 4. The number of nitrogens with two attached hydrogens (primary N) is 1. The van der Waals surface area contributed by atoms with E-state index in [-0.39, 0.29) is 35.1 Å². The molecular weight excluding hydrogens is 433 g/mol. The number of methoxy groups -OCH3 is 2. The molecule has 168 valence electrons. The highest BCUT2D eigenvalue weighted by Gasteiger charge is 2.43. The summed E-state index contributed by atoms with van der Waals surface area (Å²) < 4.78 is 34.2. The summed E-state index contributed by atoms with van der Waals surface area (Å²) in [5, 5.41) is 10.0. The number of halogens is 1. The molecule has 1 atom stereocenters. The molecule has 0 saturated carbocycles. The summed E-state index contributed by atoms with van der Waals surface area (Å²) in [4.78, 5) is 27.1. The average molecular weight is 451 g/mol. The Morgan fingerprint density at radius 2 is 1.76 bits per heavy atom. The number of hydrogen-bond donors (Lipinski definition) is 1. The van der Waals surface area contributed by atoms with Crippen LogP contribution in [0.25, 0.3) is 0 Å². The van der Waals surface area contributed by atoms with Crippen molar-refractivity contribution < 1.29 is 32.9 Å². The van der Waals surface area contributed by atoms with E-state index in [0.717, 1.165) is 26.4 Å². The van der Waals surface area contributed by atoms with Gasteiger partial charge in [-0.25, -0.2) is 14.0 Å². The number of hydrogen-bond acceptors (Lipinski definition) is 9. The molecular formula is C23H18FN3O6. The van der Waals surface area contributed by atoms with Crippen LogP contribution in [0.3, 0.4) is 0 Å². The molecule has 0 spiro atoms. The van der Waals surface area contributed by atoms with Gasteiger partial charge in [0.1, 0.15) is 17.3 Å². The van der Waals surface area contributed by atoms with E-state index in [1.54, 1.807) is 18.2 Å². The molecule has 0 radical (unpaired) electrons. The summed E-state index contributed by atoms with van der Waals surface area (Å²) in [5.41, 5.74) is 6.61. The third-order valence-electron chi connectivity index (χ3n) is 5.29. The fourth-order valence-electron chi connectivity index (χ4n) is 3.82. The van der Waals surface area contributed by atoms with Gasteiger partial charge in [0.15, 0.2) is 11.5 Å². The summed E-state index contributed by atoms with van der Waals surface area (Å²) in [5.74, 6) is -2.57. The maximum atomic E-state index is 13.6. The van der Waals surface area contributed by atoms with Crippen LogP contribution < -0.4 is 20.1 Å². The van der Waals surface area contributed by atoms with Crippen LogP contribution in [-0.2, 0) is 19.1 Å². The van der Waals surface area contributed by atoms with Crippen molar-refractivity contribution in [2.45, 2.75) is 5.92 Å². The number of rotatable bonds is 4. The Hall–Kier alpha value is -4.52. The summed E-state index contributed by atoms with van der Waals surface area (Å²) in [6, 6.07) is 11.9. The van der Waals surface area contributed by atoms with Crippen molar-refractivity contribution in [3.8, 4) is 17.6 Å². The molecule has 2 aromatic rings. The molecule has 2 aliphatic rings. The Labute approximate surface area is 188 Å². The lowest BCUT2D eigenvalue weighted by Crippen LogP contribution is -2.40. The van der Waals surface area contributed by atoms with E-state index in [1.807, 2.05) is 6.07 Å². The van der Waals surface area contributed by atoms with Gasteiger partial charge in [-0.2, -0.15) is 5.26 Å². The van der Waals surface area contributed by atoms with Crippen molar-refractivity contribution in [3.63, 3.8) is 0 Å². The van der Waals surface area contributed by atoms with Crippen LogP contribution in [0, 0.1) is 17.1 Å². The van der Waals surface area contributed by atoms with E-state index in [0.29, 0.717) is 17.1 Å². The Morgan fingerprint density at radius 1 is 1.09 bits per heavy atom. The zero-order valence-corrected chi connectivity index (χ0v) is 17.6.